The summed E-state index contributed by atoms with van der Waals surface area (Å²) >= 11 is 0. The van der Waals surface area contributed by atoms with Crippen molar-refractivity contribution in [2.45, 2.75) is 0 Å². The van der Waals surface area contributed by atoms with Crippen molar-refractivity contribution in [3.8, 4) is 45.0 Å². The van der Waals surface area contributed by atoms with E-state index in [0.717, 1.165) is 61.5 Å². The molecule has 0 saturated heterocycles. The number of hydrogen-bond acceptors (Lipinski definition) is 4. The summed E-state index contributed by atoms with van der Waals surface area (Å²) in [5.74, 6) is 0.572. The standard InChI is InChI=1S/C36H25N3O/c1-3-12-25(13-4-1)27-22-23-37-33(24-27)29-16-7-9-19-31(29)38-32-20-10-8-17-30(32)36-39-35-28(18-11-21-34(35)40-36)26-14-5-2-6-15-26/h1-24,38H. The average Bonchev–Trinajstić information content (AvgIpc) is 3.47. The Balaban J connectivity index is 1.27. The van der Waals surface area contributed by atoms with Gasteiger partial charge >= 0.3 is 0 Å². The van der Waals surface area contributed by atoms with E-state index in [1.807, 2.05) is 85.1 Å². The first-order valence-electron chi connectivity index (χ1n) is 13.3. The van der Waals surface area contributed by atoms with E-state index in [4.69, 9.17) is 14.4 Å². The Morgan fingerprint density at radius 2 is 1.12 bits per heavy atom. The molecular weight excluding hydrogens is 490 g/mol. The van der Waals surface area contributed by atoms with Crippen LogP contribution in [0.2, 0.25) is 0 Å². The van der Waals surface area contributed by atoms with Gasteiger partial charge in [0.25, 0.3) is 0 Å². The number of pyridine rings is 1. The minimum atomic E-state index is 0.572. The summed E-state index contributed by atoms with van der Waals surface area (Å²) in [6.07, 6.45) is 1.87. The van der Waals surface area contributed by atoms with Crippen molar-refractivity contribution in [1.82, 2.24) is 9.97 Å². The second-order valence-electron chi connectivity index (χ2n) is 9.55. The summed E-state index contributed by atoms with van der Waals surface area (Å²) in [7, 11) is 0. The molecule has 40 heavy (non-hydrogen) atoms. The van der Waals surface area contributed by atoms with Crippen LogP contribution in [0, 0.1) is 0 Å². The number of benzene rings is 5. The molecule has 0 fully saturated rings. The molecule has 0 aliphatic rings. The van der Waals surface area contributed by atoms with Crippen LogP contribution in [0.5, 0.6) is 0 Å². The van der Waals surface area contributed by atoms with Crippen molar-refractivity contribution in [3.63, 3.8) is 0 Å². The number of anilines is 2. The lowest BCUT2D eigenvalue weighted by molar-refractivity contribution is 0.620. The molecule has 0 aliphatic carbocycles. The van der Waals surface area contributed by atoms with Crippen LogP contribution in [0.3, 0.4) is 0 Å². The van der Waals surface area contributed by atoms with Gasteiger partial charge in [-0.3, -0.25) is 4.98 Å². The molecule has 0 spiro atoms. The maximum absolute atomic E-state index is 6.31. The molecular formula is C36H25N3O. The van der Waals surface area contributed by atoms with E-state index in [9.17, 15) is 0 Å². The van der Waals surface area contributed by atoms with Crippen molar-refractivity contribution >= 4 is 22.5 Å². The number of aromatic nitrogens is 2. The molecule has 1 N–H and O–H groups in total. The lowest BCUT2D eigenvalue weighted by Gasteiger charge is -2.14. The van der Waals surface area contributed by atoms with Gasteiger partial charge in [-0.15, -0.1) is 0 Å². The molecule has 0 aliphatic heterocycles. The van der Waals surface area contributed by atoms with E-state index >= 15 is 0 Å². The van der Waals surface area contributed by atoms with Crippen molar-refractivity contribution in [1.29, 1.82) is 0 Å². The maximum atomic E-state index is 6.31. The van der Waals surface area contributed by atoms with Crippen LogP contribution >= 0.6 is 0 Å². The van der Waals surface area contributed by atoms with Crippen LogP contribution in [0.15, 0.2) is 150 Å². The molecule has 0 bridgehead atoms. The first-order valence-corrected chi connectivity index (χ1v) is 13.3. The third kappa shape index (κ3) is 4.52. The Bertz CT molecular complexity index is 1930. The molecule has 7 aromatic rings. The molecule has 190 valence electrons. The van der Waals surface area contributed by atoms with Gasteiger partial charge in [0.1, 0.15) is 5.52 Å². The third-order valence-corrected chi connectivity index (χ3v) is 7.00. The number of hydrogen-bond donors (Lipinski definition) is 1. The SMILES string of the molecule is c1ccc(-c2ccnc(-c3ccccc3Nc3ccccc3-c3nc4c(-c5ccccc5)cccc4o3)c2)cc1. The lowest BCUT2D eigenvalue weighted by Crippen LogP contribution is -1.97. The summed E-state index contributed by atoms with van der Waals surface area (Å²) in [5.41, 5.74) is 10.7. The van der Waals surface area contributed by atoms with Gasteiger partial charge in [-0.2, -0.15) is 0 Å². The average molecular weight is 516 g/mol. The zero-order chi connectivity index (χ0) is 26.7. The van der Waals surface area contributed by atoms with Gasteiger partial charge in [-0.05, 0) is 53.1 Å². The fourth-order valence-electron chi connectivity index (χ4n) is 5.04. The third-order valence-electron chi connectivity index (χ3n) is 7.00. The van der Waals surface area contributed by atoms with Crippen LogP contribution in [0.25, 0.3) is 56.1 Å². The molecule has 2 heterocycles. The summed E-state index contributed by atoms with van der Waals surface area (Å²) in [6, 6.07) is 47.2. The zero-order valence-electron chi connectivity index (χ0n) is 21.7. The molecule has 4 heteroatoms. The lowest BCUT2D eigenvalue weighted by atomic mass is 10.0. The Hall–Kier alpha value is -5.48. The van der Waals surface area contributed by atoms with Crippen LogP contribution < -0.4 is 5.32 Å². The summed E-state index contributed by atoms with van der Waals surface area (Å²) in [5, 5.41) is 3.65. The molecule has 0 unspecified atom stereocenters. The van der Waals surface area contributed by atoms with E-state index < -0.39 is 0 Å². The predicted octanol–water partition coefficient (Wildman–Crippen LogP) is 9.63. The highest BCUT2D eigenvalue weighted by molar-refractivity contribution is 5.93. The fourth-order valence-corrected chi connectivity index (χ4v) is 5.04. The molecule has 0 amide bonds. The quantitative estimate of drug-likeness (QED) is 0.239. The fraction of sp³-hybridized carbons (Fsp3) is 0. The van der Waals surface area contributed by atoms with Gasteiger partial charge in [-0.1, -0.05) is 103 Å². The molecule has 0 radical (unpaired) electrons. The van der Waals surface area contributed by atoms with E-state index in [2.05, 4.69) is 66.0 Å². The van der Waals surface area contributed by atoms with Gasteiger partial charge in [0.05, 0.1) is 16.9 Å². The number of nitrogens with one attached hydrogen (secondary N) is 1. The van der Waals surface area contributed by atoms with Crippen LogP contribution in [0.1, 0.15) is 0 Å². The Labute approximate surface area is 232 Å². The van der Waals surface area contributed by atoms with Crippen LogP contribution in [-0.4, -0.2) is 9.97 Å². The van der Waals surface area contributed by atoms with Crippen LogP contribution in [-0.2, 0) is 0 Å². The maximum Gasteiger partial charge on any atom is 0.229 e. The van der Waals surface area contributed by atoms with Gasteiger partial charge in [0.2, 0.25) is 5.89 Å². The molecule has 0 saturated carbocycles. The monoisotopic (exact) mass is 515 g/mol. The minimum Gasteiger partial charge on any atom is -0.436 e. The highest BCUT2D eigenvalue weighted by Gasteiger charge is 2.16. The minimum absolute atomic E-state index is 0.572. The highest BCUT2D eigenvalue weighted by Crippen LogP contribution is 2.37. The zero-order valence-corrected chi connectivity index (χ0v) is 21.7. The normalized spacial score (nSPS) is 11.0. The van der Waals surface area contributed by atoms with E-state index in [1.54, 1.807) is 0 Å². The van der Waals surface area contributed by atoms with E-state index in [1.165, 1.54) is 0 Å². The van der Waals surface area contributed by atoms with Crippen molar-refractivity contribution in [2.24, 2.45) is 0 Å². The second kappa shape index (κ2) is 10.4. The second-order valence-corrected chi connectivity index (χ2v) is 9.55. The largest absolute Gasteiger partial charge is 0.436 e. The van der Waals surface area contributed by atoms with Gasteiger partial charge in [-0.25, -0.2) is 4.98 Å². The number of oxazole rings is 1. The molecule has 4 nitrogen and oxygen atoms in total. The number of nitrogens with zero attached hydrogens (tertiary/aromatic N) is 2. The van der Waals surface area contributed by atoms with Gasteiger partial charge < -0.3 is 9.73 Å². The molecule has 7 rings (SSSR count). The van der Waals surface area contributed by atoms with Crippen molar-refractivity contribution in [2.75, 3.05) is 5.32 Å². The Morgan fingerprint density at radius 1 is 0.500 bits per heavy atom. The number of fused-ring (bicyclic) bond motifs is 1. The molecule has 5 aromatic carbocycles. The van der Waals surface area contributed by atoms with E-state index in [-0.39, 0.29) is 0 Å². The number of rotatable bonds is 6. The van der Waals surface area contributed by atoms with Gasteiger partial charge in [0, 0.05) is 23.0 Å². The highest BCUT2D eigenvalue weighted by atomic mass is 16.3. The van der Waals surface area contributed by atoms with Crippen molar-refractivity contribution in [3.05, 3.63) is 146 Å². The smallest absolute Gasteiger partial charge is 0.229 e. The molecule has 2 aromatic heterocycles. The van der Waals surface area contributed by atoms with Crippen LogP contribution in [0.4, 0.5) is 11.4 Å². The predicted molar refractivity (Wildman–Crippen MR) is 163 cm³/mol. The van der Waals surface area contributed by atoms with Gasteiger partial charge in [0.15, 0.2) is 5.58 Å². The topological polar surface area (TPSA) is 51.0 Å². The Morgan fingerprint density at radius 3 is 1.90 bits per heavy atom. The molecule has 0 atom stereocenters. The summed E-state index contributed by atoms with van der Waals surface area (Å²) in [4.78, 5) is 9.68. The van der Waals surface area contributed by atoms with Crippen molar-refractivity contribution < 1.29 is 4.42 Å². The van der Waals surface area contributed by atoms with E-state index in [0.29, 0.717) is 5.89 Å². The number of para-hydroxylation sites is 3. The first-order chi connectivity index (χ1) is 19.8. The summed E-state index contributed by atoms with van der Waals surface area (Å²) in [6.45, 7) is 0. The first kappa shape index (κ1) is 23.6. The summed E-state index contributed by atoms with van der Waals surface area (Å²) < 4.78 is 6.31. The Kier molecular flexibility index (Phi) is 6.11.